The van der Waals surface area contributed by atoms with Crippen LogP contribution in [0.1, 0.15) is 12.0 Å². The van der Waals surface area contributed by atoms with Crippen LogP contribution in [-0.2, 0) is 11.3 Å². The van der Waals surface area contributed by atoms with E-state index < -0.39 is 0 Å². The molecule has 0 spiro atoms. The molecule has 3 N–H and O–H groups in total. The van der Waals surface area contributed by atoms with E-state index in [0.717, 1.165) is 45.0 Å². The van der Waals surface area contributed by atoms with Crippen LogP contribution in [0.25, 0.3) is 0 Å². The van der Waals surface area contributed by atoms with Crippen LogP contribution in [-0.4, -0.2) is 53.6 Å². The van der Waals surface area contributed by atoms with Gasteiger partial charge in [0.2, 0.25) is 0 Å². The van der Waals surface area contributed by atoms with Crippen molar-refractivity contribution < 1.29 is 24.4 Å². The van der Waals surface area contributed by atoms with E-state index in [1.807, 2.05) is 12.1 Å². The van der Waals surface area contributed by atoms with Crippen molar-refractivity contribution in [2.24, 2.45) is 0 Å². The van der Waals surface area contributed by atoms with Crippen molar-refractivity contribution in [1.29, 1.82) is 0 Å². The highest BCUT2D eigenvalue weighted by Crippen LogP contribution is 2.35. The van der Waals surface area contributed by atoms with Gasteiger partial charge in [-0.15, -0.1) is 0 Å². The highest BCUT2D eigenvalue weighted by Gasteiger charge is 2.14. The van der Waals surface area contributed by atoms with E-state index in [0.29, 0.717) is 16.5 Å². The number of quaternary nitrogens is 2. The van der Waals surface area contributed by atoms with Crippen molar-refractivity contribution in [3.05, 3.63) is 22.7 Å². The molecule has 6 heteroatoms. The number of hydrogen-bond donors (Lipinski definition) is 2. The molecule has 124 valence electrons. The maximum atomic E-state index is 6.22. The second-order valence-corrected chi connectivity index (χ2v) is 5.97. The first-order chi connectivity index (χ1) is 10.7. The van der Waals surface area contributed by atoms with Gasteiger partial charge in [-0.3, -0.25) is 0 Å². The first kappa shape index (κ1) is 17.3. The fourth-order valence-corrected chi connectivity index (χ4v) is 3.07. The molecule has 2 rings (SSSR count). The molecule has 0 saturated carbocycles. The first-order valence-corrected chi connectivity index (χ1v) is 8.25. The molecular weight excluding hydrogens is 304 g/mol. The predicted octanol–water partition coefficient (Wildman–Crippen LogP) is -0.274. The Morgan fingerprint density at radius 2 is 2.00 bits per heavy atom. The lowest BCUT2D eigenvalue weighted by atomic mass is 10.2. The largest absolute Gasteiger partial charge is 0.493 e. The Bertz CT molecular complexity index is 465. The molecule has 0 unspecified atom stereocenters. The van der Waals surface area contributed by atoms with Gasteiger partial charge in [0, 0.05) is 12.0 Å². The van der Waals surface area contributed by atoms with Crippen LogP contribution in [0.15, 0.2) is 12.1 Å². The number of nitrogens with two attached hydrogens (primary N) is 1. The van der Waals surface area contributed by atoms with Gasteiger partial charge in [0.1, 0.15) is 19.6 Å². The number of morpholine rings is 1. The molecule has 1 aliphatic heterocycles. The molecule has 1 heterocycles. The molecular formula is C16H27ClN2O3+2. The summed E-state index contributed by atoms with van der Waals surface area (Å²) in [7, 11) is 3.23. The highest BCUT2D eigenvalue weighted by molar-refractivity contribution is 6.32. The molecule has 5 nitrogen and oxygen atoms in total. The van der Waals surface area contributed by atoms with Crippen LogP contribution < -0.4 is 19.7 Å². The van der Waals surface area contributed by atoms with Crippen LogP contribution in [0.3, 0.4) is 0 Å². The van der Waals surface area contributed by atoms with Crippen LogP contribution >= 0.6 is 11.6 Å². The zero-order valence-electron chi connectivity index (χ0n) is 13.5. The number of rotatable bonds is 8. The Morgan fingerprint density at radius 1 is 1.23 bits per heavy atom. The van der Waals surface area contributed by atoms with Gasteiger partial charge in [-0.1, -0.05) is 11.6 Å². The van der Waals surface area contributed by atoms with Gasteiger partial charge in [0.25, 0.3) is 0 Å². The molecule has 0 atom stereocenters. The lowest BCUT2D eigenvalue weighted by Gasteiger charge is -2.23. The molecule has 0 bridgehead atoms. The van der Waals surface area contributed by atoms with E-state index in [1.54, 1.807) is 19.1 Å². The molecule has 22 heavy (non-hydrogen) atoms. The normalized spacial score (nSPS) is 15.8. The van der Waals surface area contributed by atoms with Crippen LogP contribution in [0.4, 0.5) is 0 Å². The summed E-state index contributed by atoms with van der Waals surface area (Å²) in [5.74, 6) is 1.29. The van der Waals surface area contributed by atoms with Crippen LogP contribution in [0.5, 0.6) is 11.5 Å². The number of hydrogen-bond acceptors (Lipinski definition) is 3. The number of ether oxygens (including phenoxy) is 3. The molecule has 1 aromatic carbocycles. The van der Waals surface area contributed by atoms with Gasteiger partial charge in [0.05, 0.1) is 45.5 Å². The summed E-state index contributed by atoms with van der Waals surface area (Å²) >= 11 is 6.22. The van der Waals surface area contributed by atoms with Crippen molar-refractivity contribution in [1.82, 2.24) is 0 Å². The topological polar surface area (TPSA) is 48.7 Å². The summed E-state index contributed by atoms with van der Waals surface area (Å²) in [6, 6.07) is 3.95. The maximum Gasteiger partial charge on any atom is 0.179 e. The Kier molecular flexibility index (Phi) is 7.25. The lowest BCUT2D eigenvalue weighted by Crippen LogP contribution is -3.14. The first-order valence-electron chi connectivity index (χ1n) is 7.88. The van der Waals surface area contributed by atoms with E-state index in [-0.39, 0.29) is 0 Å². The van der Waals surface area contributed by atoms with Crippen molar-refractivity contribution in [2.45, 2.75) is 13.0 Å². The average Bonchev–Trinajstić information content (AvgIpc) is 2.55. The van der Waals surface area contributed by atoms with Gasteiger partial charge < -0.3 is 24.4 Å². The molecule has 0 aliphatic carbocycles. The molecule has 0 amide bonds. The Balaban J connectivity index is 1.73. The smallest absolute Gasteiger partial charge is 0.179 e. The Labute approximate surface area is 137 Å². The second kappa shape index (κ2) is 9.20. The van der Waals surface area contributed by atoms with E-state index in [1.165, 1.54) is 13.0 Å². The average molecular weight is 331 g/mol. The van der Waals surface area contributed by atoms with Gasteiger partial charge in [-0.05, 0) is 12.1 Å². The standard InChI is InChI=1S/C16H25ClN2O3/c1-20-15-11-13(10-14(17)16(15)21-2)12-18-4-3-5-19-6-8-22-9-7-19/h10-11,18H,3-9,12H2,1-2H3/p+2. The Hall–Kier alpha value is -1.01. The van der Waals surface area contributed by atoms with Gasteiger partial charge in [-0.2, -0.15) is 0 Å². The molecule has 1 saturated heterocycles. The summed E-state index contributed by atoms with van der Waals surface area (Å²) in [6.45, 7) is 7.35. The molecule has 1 aliphatic rings. The minimum atomic E-state index is 0.600. The van der Waals surface area contributed by atoms with Crippen molar-refractivity contribution in [3.63, 3.8) is 0 Å². The maximum absolute atomic E-state index is 6.22. The van der Waals surface area contributed by atoms with E-state index in [2.05, 4.69) is 5.32 Å². The summed E-state index contributed by atoms with van der Waals surface area (Å²) in [6.07, 6.45) is 1.22. The minimum Gasteiger partial charge on any atom is -0.493 e. The third-order valence-corrected chi connectivity index (χ3v) is 4.29. The van der Waals surface area contributed by atoms with E-state index in [4.69, 9.17) is 25.8 Å². The summed E-state index contributed by atoms with van der Waals surface area (Å²) in [5.41, 5.74) is 1.15. The third-order valence-electron chi connectivity index (χ3n) is 4.01. The van der Waals surface area contributed by atoms with Crippen LogP contribution in [0.2, 0.25) is 5.02 Å². The molecule has 1 fully saturated rings. The zero-order chi connectivity index (χ0) is 15.8. The number of benzene rings is 1. The quantitative estimate of drug-likeness (QED) is 0.645. The minimum absolute atomic E-state index is 0.600. The SMILES string of the molecule is COc1cc(C[NH2+]CCC[NH+]2CCOCC2)cc(Cl)c1OC. The Morgan fingerprint density at radius 3 is 2.68 bits per heavy atom. The summed E-state index contributed by atoms with van der Waals surface area (Å²) in [4.78, 5) is 1.66. The molecule has 0 aromatic heterocycles. The van der Waals surface area contributed by atoms with Gasteiger partial charge in [-0.25, -0.2) is 0 Å². The van der Waals surface area contributed by atoms with Crippen molar-refractivity contribution >= 4 is 11.6 Å². The fourth-order valence-electron chi connectivity index (χ4n) is 2.76. The number of halogens is 1. The monoisotopic (exact) mass is 330 g/mol. The van der Waals surface area contributed by atoms with Crippen LogP contribution in [0, 0.1) is 0 Å². The van der Waals surface area contributed by atoms with Gasteiger partial charge in [0.15, 0.2) is 11.5 Å². The summed E-state index contributed by atoms with van der Waals surface area (Å²) in [5, 5.41) is 2.92. The second-order valence-electron chi connectivity index (χ2n) is 5.56. The van der Waals surface area contributed by atoms with Crippen molar-refractivity contribution in [2.75, 3.05) is 53.6 Å². The van der Waals surface area contributed by atoms with E-state index in [9.17, 15) is 0 Å². The third kappa shape index (κ3) is 5.02. The van der Waals surface area contributed by atoms with E-state index >= 15 is 0 Å². The fraction of sp³-hybridized carbons (Fsp3) is 0.625. The lowest BCUT2D eigenvalue weighted by molar-refractivity contribution is -0.909. The molecule has 1 aromatic rings. The van der Waals surface area contributed by atoms with Crippen molar-refractivity contribution in [3.8, 4) is 11.5 Å². The highest BCUT2D eigenvalue weighted by atomic mass is 35.5. The predicted molar refractivity (Wildman–Crippen MR) is 86.1 cm³/mol. The molecule has 0 radical (unpaired) electrons. The number of nitrogens with one attached hydrogen (secondary N) is 1. The zero-order valence-corrected chi connectivity index (χ0v) is 14.2. The van der Waals surface area contributed by atoms with Gasteiger partial charge >= 0.3 is 0 Å². The number of methoxy groups -OCH3 is 2. The summed E-state index contributed by atoms with van der Waals surface area (Å²) < 4.78 is 16.0.